The molecule has 2 rings (SSSR count). The molecule has 1 unspecified atom stereocenters. The normalized spacial score (nSPS) is 38.0. The molecule has 0 aromatic carbocycles. The Morgan fingerprint density at radius 1 is 0.889 bits per heavy atom. The van der Waals surface area contributed by atoms with Gasteiger partial charge in [-0.1, -0.05) is 0 Å². The monoisotopic (exact) mass is 570 g/mol. The molecule has 0 spiro atoms. The molecule has 8 N–H and O–H groups in total. The van der Waals surface area contributed by atoms with Crippen LogP contribution in [0.15, 0.2) is 0 Å². The minimum absolute atomic E-state index is 0. The summed E-state index contributed by atoms with van der Waals surface area (Å²) in [5, 5.41) is 101. The van der Waals surface area contributed by atoms with Gasteiger partial charge in [0.05, 0.1) is 25.6 Å². The summed E-state index contributed by atoms with van der Waals surface area (Å²) in [7, 11) is 0. The topological polar surface area (TPSA) is 296 Å². The Hall–Kier alpha value is -1.51. The number of hydrogen-bond donors (Lipinski definition) is 8. The first-order chi connectivity index (χ1) is 16.2. The van der Waals surface area contributed by atoms with Crippen molar-refractivity contribution in [2.45, 2.75) is 73.2 Å². The fraction of sp³-hybridized carbons (Fsp3) is 0.833. The number of rotatable bonds is 11. The van der Waals surface area contributed by atoms with Gasteiger partial charge in [-0.3, -0.25) is 4.79 Å². The molecule has 0 saturated carbocycles. The molecular weight excluding hydrogens is 544 g/mol. The van der Waals surface area contributed by atoms with Crippen LogP contribution in [0.1, 0.15) is 12.8 Å². The van der Waals surface area contributed by atoms with E-state index < -0.39 is 111 Å². The maximum atomic E-state index is 12.4. The van der Waals surface area contributed by atoms with E-state index in [4.69, 9.17) is 18.9 Å². The van der Waals surface area contributed by atoms with Gasteiger partial charge < -0.3 is 79.6 Å². The fourth-order valence-electron chi connectivity index (χ4n) is 3.64. The Bertz CT molecular complexity index is 781. The summed E-state index contributed by atoms with van der Waals surface area (Å²) in [4.78, 5) is 34.2. The largest absolute Gasteiger partial charge is 2.00 e. The molecule has 208 valence electrons. The van der Waals surface area contributed by atoms with Gasteiger partial charge in [-0.05, 0) is 0 Å². The number of carboxylic acid groups (broad SMARTS) is 2. The molecule has 18 heteroatoms. The molecule has 0 aromatic rings. The van der Waals surface area contributed by atoms with Crippen LogP contribution >= 0.6 is 0 Å². The Labute approximate surface area is 212 Å². The Morgan fingerprint density at radius 3 is 1.94 bits per heavy atom. The smallest absolute Gasteiger partial charge is 0.550 e. The first kappa shape index (κ1) is 32.5. The van der Waals surface area contributed by atoms with Gasteiger partial charge in [-0.25, -0.2) is 0 Å². The molecular formula is C18H26FeO17. The fourth-order valence-corrected chi connectivity index (χ4v) is 3.64. The van der Waals surface area contributed by atoms with Gasteiger partial charge in [0.25, 0.3) is 0 Å². The van der Waals surface area contributed by atoms with Crippen molar-refractivity contribution in [3.63, 3.8) is 0 Å². The van der Waals surface area contributed by atoms with E-state index in [-0.39, 0.29) is 17.1 Å². The van der Waals surface area contributed by atoms with Gasteiger partial charge in [0, 0.05) is 12.4 Å². The van der Waals surface area contributed by atoms with Crippen LogP contribution in [0, 0.1) is 0 Å². The number of esters is 1. The molecule has 2 saturated heterocycles. The zero-order valence-corrected chi connectivity index (χ0v) is 19.4. The van der Waals surface area contributed by atoms with Gasteiger partial charge in [-0.2, -0.15) is 0 Å². The predicted molar refractivity (Wildman–Crippen MR) is 96.7 cm³/mol. The van der Waals surface area contributed by atoms with Gasteiger partial charge in [-0.15, -0.1) is 0 Å². The quantitative estimate of drug-likeness (QED) is 0.0845. The van der Waals surface area contributed by atoms with Crippen LogP contribution in [0.25, 0.3) is 0 Å². The molecule has 0 amide bonds. The molecule has 2 fully saturated rings. The van der Waals surface area contributed by atoms with E-state index in [1.165, 1.54) is 0 Å². The van der Waals surface area contributed by atoms with Crippen LogP contribution in [-0.4, -0.2) is 139 Å². The summed E-state index contributed by atoms with van der Waals surface area (Å²) in [6.07, 6.45) is -18.0. The van der Waals surface area contributed by atoms with Crippen molar-refractivity contribution < 1.29 is 101 Å². The first-order valence-corrected chi connectivity index (χ1v) is 10.1. The number of carbonyl (C=O) groups is 3. The number of ether oxygens (including phenoxy) is 4. The third-order valence-electron chi connectivity index (χ3n) is 5.55. The first-order valence-electron chi connectivity index (χ1n) is 10.1. The summed E-state index contributed by atoms with van der Waals surface area (Å²) in [5.74, 6) is -8.71. The van der Waals surface area contributed by atoms with Crippen LogP contribution in [0.5, 0.6) is 0 Å². The van der Waals surface area contributed by atoms with Gasteiger partial charge in [0.1, 0.15) is 48.8 Å². The summed E-state index contributed by atoms with van der Waals surface area (Å²) in [6.45, 7) is -3.08. The number of hydrogen-bond acceptors (Lipinski definition) is 17. The van der Waals surface area contributed by atoms with E-state index in [0.717, 1.165) is 0 Å². The van der Waals surface area contributed by atoms with Gasteiger partial charge in [0.2, 0.25) is 5.79 Å². The van der Waals surface area contributed by atoms with E-state index >= 15 is 0 Å². The second-order valence-electron chi connectivity index (χ2n) is 8.07. The molecule has 0 radical (unpaired) electrons. The third kappa shape index (κ3) is 6.67. The number of carboxylic acids is 2. The van der Waals surface area contributed by atoms with E-state index in [1.54, 1.807) is 0 Å². The zero-order chi connectivity index (χ0) is 26.7. The van der Waals surface area contributed by atoms with E-state index in [0.29, 0.717) is 0 Å². The van der Waals surface area contributed by atoms with E-state index in [1.807, 2.05) is 0 Å². The summed E-state index contributed by atoms with van der Waals surface area (Å²) >= 11 is 0. The number of aliphatic hydroxyl groups excluding tert-OH is 7. The van der Waals surface area contributed by atoms with E-state index in [9.17, 15) is 65.4 Å². The number of aliphatic carboxylic acids is 2. The van der Waals surface area contributed by atoms with Crippen molar-refractivity contribution in [3.05, 3.63) is 0 Å². The maximum Gasteiger partial charge on any atom is 2.00 e. The minimum Gasteiger partial charge on any atom is -0.550 e. The average molecular weight is 570 g/mol. The average Bonchev–Trinajstić information content (AvgIpc) is 3.04. The summed E-state index contributed by atoms with van der Waals surface area (Å²) in [6, 6.07) is 0. The second kappa shape index (κ2) is 12.8. The Kier molecular flexibility index (Phi) is 11.6. The maximum absolute atomic E-state index is 12.4. The van der Waals surface area contributed by atoms with Crippen LogP contribution in [0.2, 0.25) is 0 Å². The third-order valence-corrected chi connectivity index (χ3v) is 5.55. The van der Waals surface area contributed by atoms with Gasteiger partial charge in [0.15, 0.2) is 12.4 Å². The number of aliphatic hydroxyl groups is 8. The SMILES string of the molecule is O=C([O-])CC(O)(CC(=O)O[C@H]1[C@H](O)[C@@H](CO)O[C@@]1(CO)O[C@H]1O[C@H](CO)[C@@H](O)[C@H](O)[C@H]1O)C(=O)[O-].[Fe+2]. The van der Waals surface area contributed by atoms with Crippen molar-refractivity contribution in [1.29, 1.82) is 0 Å². The summed E-state index contributed by atoms with van der Waals surface area (Å²) < 4.78 is 20.6. The molecule has 17 nitrogen and oxygen atoms in total. The molecule has 10 atom stereocenters. The summed E-state index contributed by atoms with van der Waals surface area (Å²) in [5.41, 5.74) is -3.28. The molecule has 2 aliphatic heterocycles. The van der Waals surface area contributed by atoms with Crippen molar-refractivity contribution in [1.82, 2.24) is 0 Å². The van der Waals surface area contributed by atoms with Crippen LogP contribution in [0.4, 0.5) is 0 Å². The second-order valence-corrected chi connectivity index (χ2v) is 8.07. The molecule has 0 aliphatic carbocycles. The van der Waals surface area contributed by atoms with Crippen molar-refractivity contribution in [3.8, 4) is 0 Å². The van der Waals surface area contributed by atoms with Crippen molar-refractivity contribution in [2.24, 2.45) is 0 Å². The van der Waals surface area contributed by atoms with Gasteiger partial charge >= 0.3 is 23.0 Å². The predicted octanol–water partition coefficient (Wildman–Crippen LogP) is -8.84. The zero-order valence-electron chi connectivity index (χ0n) is 18.3. The molecule has 0 aromatic heterocycles. The van der Waals surface area contributed by atoms with Crippen LogP contribution in [0.3, 0.4) is 0 Å². The molecule has 0 bridgehead atoms. The molecule has 2 heterocycles. The van der Waals surface area contributed by atoms with Crippen LogP contribution in [-0.2, 0) is 50.4 Å². The Morgan fingerprint density at radius 2 is 1.47 bits per heavy atom. The molecule has 36 heavy (non-hydrogen) atoms. The van der Waals surface area contributed by atoms with Crippen LogP contribution < -0.4 is 10.2 Å². The molecule has 2 aliphatic rings. The number of carbonyl (C=O) groups excluding carboxylic acids is 3. The van der Waals surface area contributed by atoms with E-state index in [2.05, 4.69) is 0 Å². The minimum atomic E-state index is -3.28. The van der Waals surface area contributed by atoms with Crippen molar-refractivity contribution in [2.75, 3.05) is 19.8 Å². The standard InChI is InChI=1S/C18H28O17.Fe/c19-3-6-10(25)12(27)13(28)15(32-6)35-18(5-21)14(11(26)7(4-20)34-18)33-9(24)2-17(31,16(29)30)1-8(22)23;/h6-7,10-15,19-21,25-28,31H,1-5H2,(H,22,23)(H,29,30);/q;+2/p-2/t6-,7-,10-,11-,12+,13-,14+,15-,17?,18+;/m1./s1. The van der Waals surface area contributed by atoms with Crippen molar-refractivity contribution >= 4 is 17.9 Å². The Balaban J connectivity index is 0.00000648.